The molecule has 2 rings (SSSR count). The van der Waals surface area contributed by atoms with Crippen LogP contribution in [0.25, 0.3) is 11.3 Å². The summed E-state index contributed by atoms with van der Waals surface area (Å²) in [6.45, 7) is 1.82. The molecule has 0 saturated heterocycles. The summed E-state index contributed by atoms with van der Waals surface area (Å²) in [4.78, 5) is 11.9. The van der Waals surface area contributed by atoms with Gasteiger partial charge in [0.1, 0.15) is 5.75 Å². The number of phenolic OH excluding ortho intramolecular Hbond substituents is 1. The van der Waals surface area contributed by atoms with Gasteiger partial charge in [-0.15, -0.1) is 11.8 Å². The Kier molecular flexibility index (Phi) is 3.53. The monoisotopic (exact) mass is 278 g/mol. The average molecular weight is 278 g/mol. The van der Waals surface area contributed by atoms with Crippen molar-refractivity contribution in [3.8, 4) is 17.0 Å². The maximum atomic E-state index is 10.9. The van der Waals surface area contributed by atoms with Gasteiger partial charge in [-0.2, -0.15) is 5.10 Å². The van der Waals surface area contributed by atoms with Crippen LogP contribution in [0.2, 0.25) is 0 Å². The normalized spacial score (nSPS) is 10.7. The topological polar surface area (TPSA) is 75.3 Å². The summed E-state index contributed by atoms with van der Waals surface area (Å²) in [5.74, 6) is -0.880. The number of rotatable bonds is 3. The summed E-state index contributed by atoms with van der Waals surface area (Å²) in [6.07, 6.45) is 1.93. The zero-order chi connectivity index (χ0) is 14.2. The van der Waals surface area contributed by atoms with Crippen molar-refractivity contribution >= 4 is 17.7 Å². The standard InChI is InChI=1S/C13H14N2O3S/c1-7-4-12(19-3)8(5-11(7)16)10-6-9(13(17)18)14-15(10)2/h4-6,16H,1-3H3,(H,17,18). The minimum atomic E-state index is -1.07. The number of carbonyl (C=O) groups is 1. The molecule has 0 saturated carbocycles. The molecular formula is C13H14N2O3S. The lowest BCUT2D eigenvalue weighted by Crippen LogP contribution is -1.99. The van der Waals surface area contributed by atoms with Crippen LogP contribution in [0.3, 0.4) is 0 Å². The highest BCUT2D eigenvalue weighted by Gasteiger charge is 2.16. The van der Waals surface area contributed by atoms with E-state index < -0.39 is 5.97 Å². The molecule has 19 heavy (non-hydrogen) atoms. The van der Waals surface area contributed by atoms with Gasteiger partial charge in [0.05, 0.1) is 5.69 Å². The Labute approximate surface area is 114 Å². The summed E-state index contributed by atoms with van der Waals surface area (Å²) in [6, 6.07) is 5.03. The molecule has 2 aromatic rings. The zero-order valence-corrected chi connectivity index (χ0v) is 11.7. The summed E-state index contributed by atoms with van der Waals surface area (Å²) in [5, 5.41) is 22.7. The Balaban J connectivity index is 2.64. The summed E-state index contributed by atoms with van der Waals surface area (Å²) in [7, 11) is 1.68. The van der Waals surface area contributed by atoms with Crippen molar-refractivity contribution in [1.29, 1.82) is 0 Å². The fourth-order valence-corrected chi connectivity index (χ4v) is 2.54. The van der Waals surface area contributed by atoms with Gasteiger partial charge < -0.3 is 10.2 Å². The predicted octanol–water partition coefficient (Wildman–Crippen LogP) is 2.52. The van der Waals surface area contributed by atoms with Crippen LogP contribution >= 0.6 is 11.8 Å². The van der Waals surface area contributed by atoms with Crippen molar-refractivity contribution in [3.63, 3.8) is 0 Å². The lowest BCUT2D eigenvalue weighted by molar-refractivity contribution is 0.0689. The van der Waals surface area contributed by atoms with E-state index in [0.717, 1.165) is 16.0 Å². The van der Waals surface area contributed by atoms with Crippen LogP contribution in [-0.2, 0) is 7.05 Å². The number of thioether (sulfide) groups is 1. The van der Waals surface area contributed by atoms with Crippen molar-refractivity contribution in [2.75, 3.05) is 6.26 Å². The number of hydrogen-bond acceptors (Lipinski definition) is 4. The number of nitrogens with zero attached hydrogens (tertiary/aromatic N) is 2. The second-order valence-electron chi connectivity index (χ2n) is 4.18. The van der Waals surface area contributed by atoms with E-state index in [2.05, 4.69) is 5.10 Å². The van der Waals surface area contributed by atoms with Gasteiger partial charge in [0.2, 0.25) is 0 Å². The Morgan fingerprint density at radius 3 is 2.58 bits per heavy atom. The van der Waals surface area contributed by atoms with E-state index in [1.165, 1.54) is 22.5 Å². The van der Waals surface area contributed by atoms with Crippen LogP contribution in [0, 0.1) is 6.92 Å². The number of phenols is 1. The van der Waals surface area contributed by atoms with Crippen LogP contribution in [-0.4, -0.2) is 32.2 Å². The van der Waals surface area contributed by atoms with Gasteiger partial charge in [0.25, 0.3) is 0 Å². The molecular weight excluding hydrogens is 264 g/mol. The second kappa shape index (κ2) is 4.97. The molecule has 100 valence electrons. The summed E-state index contributed by atoms with van der Waals surface area (Å²) in [5.41, 5.74) is 2.22. The SMILES string of the molecule is CSc1cc(C)c(O)cc1-c1cc(C(=O)O)nn1C. The van der Waals surface area contributed by atoms with E-state index in [9.17, 15) is 9.90 Å². The molecule has 6 heteroatoms. The highest BCUT2D eigenvalue weighted by atomic mass is 32.2. The van der Waals surface area contributed by atoms with Crippen LogP contribution in [0.4, 0.5) is 0 Å². The first-order chi connectivity index (χ1) is 8.93. The molecule has 0 aliphatic heterocycles. The van der Waals surface area contributed by atoms with Crippen molar-refractivity contribution in [1.82, 2.24) is 9.78 Å². The Bertz CT molecular complexity index is 650. The van der Waals surface area contributed by atoms with E-state index in [4.69, 9.17) is 5.11 Å². The third-order valence-electron chi connectivity index (χ3n) is 2.89. The van der Waals surface area contributed by atoms with Crippen LogP contribution in [0.1, 0.15) is 16.1 Å². The third-order valence-corrected chi connectivity index (χ3v) is 3.67. The van der Waals surface area contributed by atoms with E-state index in [1.54, 1.807) is 13.1 Å². The van der Waals surface area contributed by atoms with Crippen LogP contribution in [0.5, 0.6) is 5.75 Å². The number of carboxylic acids is 1. The minimum absolute atomic E-state index is 0.00961. The third kappa shape index (κ3) is 2.44. The van der Waals surface area contributed by atoms with E-state index in [0.29, 0.717) is 5.69 Å². The Morgan fingerprint density at radius 2 is 2.05 bits per heavy atom. The first-order valence-corrected chi connectivity index (χ1v) is 6.81. The molecule has 0 bridgehead atoms. The Hall–Kier alpha value is -1.95. The van der Waals surface area contributed by atoms with E-state index in [-0.39, 0.29) is 11.4 Å². The molecule has 1 heterocycles. The van der Waals surface area contributed by atoms with Gasteiger partial charge in [-0.3, -0.25) is 4.68 Å². The summed E-state index contributed by atoms with van der Waals surface area (Å²) >= 11 is 1.54. The summed E-state index contributed by atoms with van der Waals surface area (Å²) < 4.78 is 1.51. The second-order valence-corrected chi connectivity index (χ2v) is 5.03. The van der Waals surface area contributed by atoms with Crippen molar-refractivity contribution < 1.29 is 15.0 Å². The van der Waals surface area contributed by atoms with E-state index >= 15 is 0 Å². The molecule has 0 radical (unpaired) electrons. The van der Waals surface area contributed by atoms with Gasteiger partial charge in [-0.1, -0.05) is 0 Å². The fraction of sp³-hybridized carbons (Fsp3) is 0.231. The molecule has 0 spiro atoms. The number of aromatic hydroxyl groups is 1. The lowest BCUT2D eigenvalue weighted by Gasteiger charge is -2.10. The molecule has 1 aromatic carbocycles. The molecule has 0 aliphatic rings. The lowest BCUT2D eigenvalue weighted by atomic mass is 10.1. The van der Waals surface area contributed by atoms with Gasteiger partial charge in [-0.05, 0) is 36.9 Å². The number of aromatic carboxylic acids is 1. The van der Waals surface area contributed by atoms with Gasteiger partial charge in [-0.25, -0.2) is 4.79 Å². The van der Waals surface area contributed by atoms with Crippen molar-refractivity contribution in [2.45, 2.75) is 11.8 Å². The molecule has 0 atom stereocenters. The first kappa shape index (κ1) is 13.5. The Morgan fingerprint density at radius 1 is 1.37 bits per heavy atom. The largest absolute Gasteiger partial charge is 0.508 e. The minimum Gasteiger partial charge on any atom is -0.508 e. The number of aromatic nitrogens is 2. The molecule has 0 unspecified atom stereocenters. The smallest absolute Gasteiger partial charge is 0.356 e. The van der Waals surface area contributed by atoms with Crippen LogP contribution in [0.15, 0.2) is 23.1 Å². The van der Waals surface area contributed by atoms with E-state index in [1.807, 2.05) is 19.2 Å². The fourth-order valence-electron chi connectivity index (χ4n) is 1.86. The zero-order valence-electron chi connectivity index (χ0n) is 10.8. The first-order valence-electron chi connectivity index (χ1n) is 5.59. The highest BCUT2D eigenvalue weighted by Crippen LogP contribution is 2.35. The van der Waals surface area contributed by atoms with Crippen LogP contribution < -0.4 is 0 Å². The maximum absolute atomic E-state index is 10.9. The molecule has 5 nitrogen and oxygen atoms in total. The predicted molar refractivity (Wildman–Crippen MR) is 73.8 cm³/mol. The highest BCUT2D eigenvalue weighted by molar-refractivity contribution is 7.98. The van der Waals surface area contributed by atoms with Crippen molar-refractivity contribution in [3.05, 3.63) is 29.5 Å². The molecule has 2 N–H and O–H groups in total. The molecule has 1 aromatic heterocycles. The van der Waals surface area contributed by atoms with Gasteiger partial charge in [0, 0.05) is 17.5 Å². The molecule has 0 amide bonds. The molecule has 0 fully saturated rings. The number of carboxylic acid groups (broad SMARTS) is 1. The molecule has 0 aliphatic carbocycles. The van der Waals surface area contributed by atoms with Gasteiger partial charge in [0.15, 0.2) is 5.69 Å². The van der Waals surface area contributed by atoms with Crippen molar-refractivity contribution in [2.24, 2.45) is 7.05 Å². The quantitative estimate of drug-likeness (QED) is 0.844. The number of aryl methyl sites for hydroxylation is 2. The number of hydrogen-bond donors (Lipinski definition) is 2. The average Bonchev–Trinajstić information content (AvgIpc) is 2.74. The maximum Gasteiger partial charge on any atom is 0.356 e. The van der Waals surface area contributed by atoms with Gasteiger partial charge >= 0.3 is 5.97 Å². The number of benzene rings is 1.